The van der Waals surface area contributed by atoms with E-state index in [1.807, 2.05) is 103 Å². The van der Waals surface area contributed by atoms with Gasteiger partial charge in [0.15, 0.2) is 6.61 Å². The van der Waals surface area contributed by atoms with Crippen molar-refractivity contribution >= 4 is 33.6 Å². The summed E-state index contributed by atoms with van der Waals surface area (Å²) in [6.45, 7) is 2.36. The summed E-state index contributed by atoms with van der Waals surface area (Å²) in [4.78, 5) is 32.1. The van der Waals surface area contributed by atoms with E-state index in [0.29, 0.717) is 34.3 Å². The highest BCUT2D eigenvalue weighted by atomic mass is 16.5. The van der Waals surface area contributed by atoms with E-state index in [9.17, 15) is 9.59 Å². The molecule has 6 nitrogen and oxygen atoms in total. The fourth-order valence-electron chi connectivity index (χ4n) is 5.35. The minimum atomic E-state index is -0.577. The molecule has 0 atom stereocenters. The van der Waals surface area contributed by atoms with Crippen LogP contribution >= 0.6 is 0 Å². The molecule has 2 heterocycles. The van der Waals surface area contributed by atoms with Gasteiger partial charge in [0.25, 0.3) is 0 Å². The number of methoxy groups -OCH3 is 1. The highest BCUT2D eigenvalue weighted by molar-refractivity contribution is 6.15. The summed E-state index contributed by atoms with van der Waals surface area (Å²) < 4.78 is 13.1. The van der Waals surface area contributed by atoms with Gasteiger partial charge in [0.05, 0.1) is 35.1 Å². The lowest BCUT2D eigenvalue weighted by molar-refractivity contribution is 0.0477. The number of pyridine rings is 1. The largest absolute Gasteiger partial charge is 0.497 e. The number of benzene rings is 4. The first-order chi connectivity index (χ1) is 20.1. The SMILES string of the molecule is CCn1c(-c2ccccc2)c(C(=O)COC(=O)c2cc(-c3ccc(OC)cc3)nc3ccccc23)c2ccccc21. The van der Waals surface area contributed by atoms with Crippen LogP contribution in [0.25, 0.3) is 44.3 Å². The lowest BCUT2D eigenvalue weighted by Crippen LogP contribution is -2.16. The summed E-state index contributed by atoms with van der Waals surface area (Å²) >= 11 is 0. The van der Waals surface area contributed by atoms with Crippen LogP contribution in [0.15, 0.2) is 109 Å². The quantitative estimate of drug-likeness (QED) is 0.147. The fourth-order valence-corrected chi connectivity index (χ4v) is 5.35. The lowest BCUT2D eigenvalue weighted by Gasteiger charge is -2.12. The van der Waals surface area contributed by atoms with E-state index in [0.717, 1.165) is 33.5 Å². The molecule has 0 unspecified atom stereocenters. The van der Waals surface area contributed by atoms with Crippen molar-refractivity contribution in [1.82, 2.24) is 9.55 Å². The fraction of sp³-hybridized carbons (Fsp3) is 0.114. The number of carbonyl (C=O) groups excluding carboxylic acids is 2. The zero-order valence-corrected chi connectivity index (χ0v) is 22.8. The van der Waals surface area contributed by atoms with Crippen LogP contribution in [0.1, 0.15) is 27.6 Å². The summed E-state index contributed by atoms with van der Waals surface area (Å²) in [7, 11) is 1.61. The number of para-hydroxylation sites is 2. The third-order valence-corrected chi connectivity index (χ3v) is 7.27. The number of ether oxygens (including phenoxy) is 2. The maximum atomic E-state index is 13.8. The highest BCUT2D eigenvalue weighted by Gasteiger charge is 2.24. The molecule has 4 aromatic carbocycles. The predicted molar refractivity (Wildman–Crippen MR) is 161 cm³/mol. The van der Waals surface area contributed by atoms with E-state index < -0.39 is 5.97 Å². The minimum Gasteiger partial charge on any atom is -0.497 e. The topological polar surface area (TPSA) is 70.4 Å². The van der Waals surface area contributed by atoms with Crippen LogP contribution in [0.2, 0.25) is 0 Å². The average Bonchev–Trinajstić information content (AvgIpc) is 3.38. The molecule has 0 spiro atoms. The lowest BCUT2D eigenvalue weighted by atomic mass is 10.0. The maximum absolute atomic E-state index is 13.8. The minimum absolute atomic E-state index is 0.255. The van der Waals surface area contributed by atoms with Gasteiger partial charge in [-0.2, -0.15) is 0 Å². The highest BCUT2D eigenvalue weighted by Crippen LogP contribution is 2.34. The number of ketones is 1. The van der Waals surface area contributed by atoms with Crippen LogP contribution < -0.4 is 4.74 Å². The monoisotopic (exact) mass is 540 g/mol. The van der Waals surface area contributed by atoms with Gasteiger partial charge < -0.3 is 14.0 Å². The number of nitrogens with zero attached hydrogens (tertiary/aromatic N) is 2. The normalized spacial score (nSPS) is 11.1. The number of aryl methyl sites for hydroxylation is 1. The summed E-state index contributed by atoms with van der Waals surface area (Å²) in [6.07, 6.45) is 0. The van der Waals surface area contributed by atoms with Crippen LogP contribution in [0.5, 0.6) is 5.75 Å². The molecule has 0 aliphatic heterocycles. The molecule has 2 aromatic heterocycles. The summed E-state index contributed by atoms with van der Waals surface area (Å²) in [5.41, 5.74) is 5.76. The molecular weight excluding hydrogens is 512 g/mol. The van der Waals surface area contributed by atoms with Crippen molar-refractivity contribution in [2.45, 2.75) is 13.5 Å². The third-order valence-electron chi connectivity index (χ3n) is 7.27. The third kappa shape index (κ3) is 4.85. The molecule has 6 heteroatoms. The number of carbonyl (C=O) groups is 2. The second-order valence-corrected chi connectivity index (χ2v) is 9.65. The van der Waals surface area contributed by atoms with Crippen molar-refractivity contribution in [3.63, 3.8) is 0 Å². The van der Waals surface area contributed by atoms with Gasteiger partial charge in [-0.1, -0.05) is 66.7 Å². The molecule has 0 bridgehead atoms. The van der Waals surface area contributed by atoms with E-state index in [4.69, 9.17) is 14.5 Å². The zero-order chi connectivity index (χ0) is 28.3. The first kappa shape index (κ1) is 26.0. The van der Waals surface area contributed by atoms with Crippen LogP contribution in [-0.4, -0.2) is 35.0 Å². The first-order valence-electron chi connectivity index (χ1n) is 13.5. The van der Waals surface area contributed by atoms with E-state index >= 15 is 0 Å². The zero-order valence-electron chi connectivity index (χ0n) is 22.8. The maximum Gasteiger partial charge on any atom is 0.339 e. The van der Waals surface area contributed by atoms with Gasteiger partial charge in [0.2, 0.25) is 5.78 Å². The Hall–Kier alpha value is -5.23. The van der Waals surface area contributed by atoms with Gasteiger partial charge in [-0.15, -0.1) is 0 Å². The van der Waals surface area contributed by atoms with E-state index in [2.05, 4.69) is 11.5 Å². The number of Topliss-reactive ketones (excluding diaryl/α,β-unsaturated/α-hetero) is 1. The Balaban J connectivity index is 1.36. The van der Waals surface area contributed by atoms with Gasteiger partial charge in [-0.05, 0) is 55.0 Å². The second kappa shape index (κ2) is 11.1. The molecule has 0 saturated carbocycles. The molecule has 6 aromatic rings. The van der Waals surface area contributed by atoms with Crippen LogP contribution in [0.4, 0.5) is 0 Å². The Morgan fingerprint density at radius 1 is 0.780 bits per heavy atom. The standard InChI is InChI=1S/C35H28N2O4/c1-3-37-31-16-10-8-14-27(31)33(34(37)24-11-5-4-6-12-24)32(38)22-41-35(39)28-21-30(23-17-19-25(40-2)20-18-23)36-29-15-9-7-13-26(28)29/h4-21H,3,22H2,1-2H3. The van der Waals surface area contributed by atoms with E-state index in [-0.39, 0.29) is 12.4 Å². The van der Waals surface area contributed by atoms with Gasteiger partial charge in [-0.3, -0.25) is 4.79 Å². The Kier molecular flexibility index (Phi) is 7.04. The van der Waals surface area contributed by atoms with Crippen molar-refractivity contribution < 1.29 is 19.1 Å². The van der Waals surface area contributed by atoms with Crippen molar-refractivity contribution in [3.8, 4) is 28.3 Å². The summed E-state index contributed by atoms with van der Waals surface area (Å²) in [5, 5.41) is 1.50. The molecule has 6 rings (SSSR count). The number of rotatable bonds is 8. The number of esters is 1. The second-order valence-electron chi connectivity index (χ2n) is 9.65. The van der Waals surface area contributed by atoms with E-state index in [1.54, 1.807) is 13.2 Å². The number of hydrogen-bond donors (Lipinski definition) is 0. The Morgan fingerprint density at radius 3 is 2.20 bits per heavy atom. The molecule has 0 aliphatic rings. The molecule has 0 N–H and O–H groups in total. The molecule has 0 saturated heterocycles. The molecule has 0 fully saturated rings. The van der Waals surface area contributed by atoms with Crippen LogP contribution in [-0.2, 0) is 11.3 Å². The molecule has 202 valence electrons. The molecular formula is C35H28N2O4. The van der Waals surface area contributed by atoms with Gasteiger partial charge >= 0.3 is 5.97 Å². The molecule has 0 amide bonds. The number of hydrogen-bond acceptors (Lipinski definition) is 5. The molecule has 0 aliphatic carbocycles. The van der Waals surface area contributed by atoms with Gasteiger partial charge in [-0.25, -0.2) is 9.78 Å². The average molecular weight is 541 g/mol. The summed E-state index contributed by atoms with van der Waals surface area (Å²) in [6, 6.07) is 34.3. The van der Waals surface area contributed by atoms with Crippen molar-refractivity contribution in [1.29, 1.82) is 0 Å². The van der Waals surface area contributed by atoms with Crippen LogP contribution in [0.3, 0.4) is 0 Å². The van der Waals surface area contributed by atoms with Gasteiger partial charge in [0, 0.05) is 28.4 Å². The Bertz CT molecular complexity index is 1890. The summed E-state index contributed by atoms with van der Waals surface area (Å²) in [5.74, 6) is -0.103. The van der Waals surface area contributed by atoms with Gasteiger partial charge in [0.1, 0.15) is 5.75 Å². The van der Waals surface area contributed by atoms with Crippen molar-refractivity contribution in [2.75, 3.05) is 13.7 Å². The van der Waals surface area contributed by atoms with Crippen molar-refractivity contribution in [2.24, 2.45) is 0 Å². The molecule has 41 heavy (non-hydrogen) atoms. The molecule has 0 radical (unpaired) electrons. The predicted octanol–water partition coefficient (Wildman–Crippen LogP) is 7.59. The number of fused-ring (bicyclic) bond motifs is 2. The number of aromatic nitrogens is 2. The van der Waals surface area contributed by atoms with Crippen molar-refractivity contribution in [3.05, 3.63) is 120 Å². The smallest absolute Gasteiger partial charge is 0.339 e. The first-order valence-corrected chi connectivity index (χ1v) is 13.5. The Morgan fingerprint density at radius 2 is 1.46 bits per heavy atom. The Labute approximate surface area is 237 Å². The van der Waals surface area contributed by atoms with Crippen LogP contribution in [0, 0.1) is 0 Å². The van der Waals surface area contributed by atoms with E-state index in [1.165, 1.54) is 0 Å².